The normalized spacial score (nSPS) is 16.4. The average Bonchev–Trinajstić information content (AvgIpc) is 2.72. The van der Waals surface area contributed by atoms with Crippen molar-refractivity contribution in [3.05, 3.63) is 35.9 Å². The molecular weight excluding hydrogens is 270 g/mol. The first-order valence-electron chi connectivity index (χ1n) is 7.08. The van der Waals surface area contributed by atoms with E-state index < -0.39 is 0 Å². The molecule has 0 amide bonds. The number of nitrogens with zero attached hydrogens (tertiary/aromatic N) is 4. The Bertz CT molecular complexity index is 554. The lowest BCUT2D eigenvalue weighted by Crippen LogP contribution is -2.12. The van der Waals surface area contributed by atoms with Gasteiger partial charge in [0.25, 0.3) is 0 Å². The van der Waals surface area contributed by atoms with Crippen LogP contribution in [-0.4, -0.2) is 26.3 Å². The SMILES string of the molecule is NCC(Sc1nnc2n1CCCCC2)c1ccccn1. The molecule has 0 spiro atoms. The molecule has 0 aliphatic carbocycles. The third-order valence-corrected chi connectivity index (χ3v) is 4.79. The second kappa shape index (κ2) is 6.37. The van der Waals surface area contributed by atoms with E-state index in [0.29, 0.717) is 6.54 Å². The van der Waals surface area contributed by atoms with Gasteiger partial charge in [-0.3, -0.25) is 4.98 Å². The van der Waals surface area contributed by atoms with Gasteiger partial charge < -0.3 is 10.3 Å². The second-order valence-electron chi connectivity index (χ2n) is 4.96. The van der Waals surface area contributed by atoms with E-state index in [4.69, 9.17) is 5.73 Å². The second-order valence-corrected chi connectivity index (χ2v) is 6.13. The zero-order valence-corrected chi connectivity index (χ0v) is 12.2. The Morgan fingerprint density at radius 1 is 1.25 bits per heavy atom. The van der Waals surface area contributed by atoms with Crippen molar-refractivity contribution in [2.75, 3.05) is 6.54 Å². The van der Waals surface area contributed by atoms with Gasteiger partial charge in [0.2, 0.25) is 0 Å². The molecule has 2 aromatic heterocycles. The highest BCUT2D eigenvalue weighted by Gasteiger charge is 2.20. The quantitative estimate of drug-likeness (QED) is 0.874. The third-order valence-electron chi connectivity index (χ3n) is 3.55. The van der Waals surface area contributed by atoms with E-state index in [9.17, 15) is 0 Å². The maximum Gasteiger partial charge on any atom is 0.191 e. The first-order valence-corrected chi connectivity index (χ1v) is 7.96. The monoisotopic (exact) mass is 289 g/mol. The Morgan fingerprint density at radius 3 is 3.00 bits per heavy atom. The number of pyridine rings is 1. The average molecular weight is 289 g/mol. The van der Waals surface area contributed by atoms with Gasteiger partial charge in [-0.05, 0) is 25.0 Å². The van der Waals surface area contributed by atoms with Crippen molar-refractivity contribution in [3.63, 3.8) is 0 Å². The predicted molar refractivity (Wildman–Crippen MR) is 79.5 cm³/mol. The number of fused-ring (bicyclic) bond motifs is 1. The van der Waals surface area contributed by atoms with Crippen LogP contribution in [0.1, 0.15) is 36.0 Å². The van der Waals surface area contributed by atoms with Gasteiger partial charge in [0, 0.05) is 25.7 Å². The molecule has 1 atom stereocenters. The van der Waals surface area contributed by atoms with Crippen molar-refractivity contribution in [2.24, 2.45) is 5.73 Å². The molecule has 0 saturated carbocycles. The minimum atomic E-state index is 0.132. The molecule has 5 nitrogen and oxygen atoms in total. The number of rotatable bonds is 4. The first kappa shape index (κ1) is 13.6. The Kier molecular flexibility index (Phi) is 4.32. The smallest absolute Gasteiger partial charge is 0.191 e. The van der Waals surface area contributed by atoms with Crippen LogP contribution < -0.4 is 5.73 Å². The summed E-state index contributed by atoms with van der Waals surface area (Å²) < 4.78 is 2.25. The van der Waals surface area contributed by atoms with Crippen LogP contribution in [0.25, 0.3) is 0 Å². The lowest BCUT2D eigenvalue weighted by molar-refractivity contribution is 0.590. The van der Waals surface area contributed by atoms with Crippen molar-refractivity contribution >= 4 is 11.8 Å². The lowest BCUT2D eigenvalue weighted by Gasteiger charge is -2.14. The molecule has 1 aliphatic heterocycles. The van der Waals surface area contributed by atoms with Crippen LogP contribution in [-0.2, 0) is 13.0 Å². The van der Waals surface area contributed by atoms with Gasteiger partial charge in [0.05, 0.1) is 10.9 Å². The van der Waals surface area contributed by atoms with E-state index in [0.717, 1.165) is 29.6 Å². The fourth-order valence-electron chi connectivity index (χ4n) is 2.47. The summed E-state index contributed by atoms with van der Waals surface area (Å²) in [7, 11) is 0. The Balaban J connectivity index is 1.81. The first-order chi connectivity index (χ1) is 9.88. The van der Waals surface area contributed by atoms with Crippen molar-refractivity contribution in [1.29, 1.82) is 0 Å². The van der Waals surface area contributed by atoms with E-state index in [-0.39, 0.29) is 5.25 Å². The van der Waals surface area contributed by atoms with Gasteiger partial charge >= 0.3 is 0 Å². The van der Waals surface area contributed by atoms with E-state index in [1.165, 1.54) is 19.3 Å². The molecule has 20 heavy (non-hydrogen) atoms. The minimum Gasteiger partial charge on any atom is -0.329 e. The largest absolute Gasteiger partial charge is 0.329 e. The van der Waals surface area contributed by atoms with Crippen LogP contribution in [0.4, 0.5) is 0 Å². The zero-order chi connectivity index (χ0) is 13.8. The van der Waals surface area contributed by atoms with E-state index in [1.54, 1.807) is 11.8 Å². The van der Waals surface area contributed by atoms with Gasteiger partial charge in [0.15, 0.2) is 5.16 Å². The molecule has 3 rings (SSSR count). The number of nitrogens with two attached hydrogens (primary N) is 1. The molecule has 1 unspecified atom stereocenters. The van der Waals surface area contributed by atoms with Crippen molar-refractivity contribution in [2.45, 2.75) is 42.6 Å². The molecule has 0 aromatic carbocycles. The summed E-state index contributed by atoms with van der Waals surface area (Å²) in [5.74, 6) is 1.11. The molecule has 6 heteroatoms. The van der Waals surface area contributed by atoms with Crippen LogP contribution in [0.5, 0.6) is 0 Å². The number of hydrogen-bond donors (Lipinski definition) is 1. The van der Waals surface area contributed by atoms with E-state index in [1.807, 2.05) is 24.4 Å². The number of hydrogen-bond acceptors (Lipinski definition) is 5. The Labute approximate surface area is 123 Å². The van der Waals surface area contributed by atoms with E-state index >= 15 is 0 Å². The van der Waals surface area contributed by atoms with Crippen molar-refractivity contribution < 1.29 is 0 Å². The predicted octanol–water partition coefficient (Wildman–Crippen LogP) is 2.19. The van der Waals surface area contributed by atoms with Crippen molar-refractivity contribution in [1.82, 2.24) is 19.7 Å². The maximum absolute atomic E-state index is 5.91. The Hall–Kier alpha value is -1.40. The topological polar surface area (TPSA) is 69.6 Å². The fraction of sp³-hybridized carbons (Fsp3) is 0.500. The van der Waals surface area contributed by atoms with Crippen LogP contribution in [0, 0.1) is 0 Å². The summed E-state index contributed by atoms with van der Waals surface area (Å²) in [6.45, 7) is 1.56. The highest BCUT2D eigenvalue weighted by molar-refractivity contribution is 7.99. The van der Waals surface area contributed by atoms with Crippen LogP contribution >= 0.6 is 11.8 Å². The lowest BCUT2D eigenvalue weighted by atomic mass is 10.2. The highest BCUT2D eigenvalue weighted by atomic mass is 32.2. The Morgan fingerprint density at radius 2 is 2.20 bits per heavy atom. The molecule has 2 N–H and O–H groups in total. The van der Waals surface area contributed by atoms with Gasteiger partial charge in [-0.15, -0.1) is 10.2 Å². The molecule has 0 bridgehead atoms. The molecule has 0 radical (unpaired) electrons. The van der Waals surface area contributed by atoms with Crippen LogP contribution in [0.15, 0.2) is 29.6 Å². The molecule has 2 aromatic rings. The standard InChI is InChI=1S/C14H19N5S/c15-10-12(11-6-3-4-8-16-11)20-14-18-17-13-7-2-1-5-9-19(13)14/h3-4,6,8,12H,1-2,5,7,9-10,15H2. The minimum absolute atomic E-state index is 0.132. The third kappa shape index (κ3) is 2.86. The summed E-state index contributed by atoms with van der Waals surface area (Å²) in [5, 5.41) is 9.78. The summed E-state index contributed by atoms with van der Waals surface area (Å²) >= 11 is 1.67. The molecule has 0 fully saturated rings. The molecule has 1 aliphatic rings. The summed E-state index contributed by atoms with van der Waals surface area (Å²) in [4.78, 5) is 4.40. The van der Waals surface area contributed by atoms with E-state index in [2.05, 4.69) is 19.7 Å². The van der Waals surface area contributed by atoms with Crippen LogP contribution in [0.3, 0.4) is 0 Å². The summed E-state index contributed by atoms with van der Waals surface area (Å²) in [6.07, 6.45) is 6.53. The summed E-state index contributed by atoms with van der Waals surface area (Å²) in [6, 6.07) is 5.94. The van der Waals surface area contributed by atoms with Gasteiger partial charge in [-0.1, -0.05) is 24.2 Å². The highest BCUT2D eigenvalue weighted by Crippen LogP contribution is 2.33. The van der Waals surface area contributed by atoms with Gasteiger partial charge in [-0.2, -0.15) is 0 Å². The molecular formula is C14H19N5S. The number of thioether (sulfide) groups is 1. The fourth-order valence-corrected chi connectivity index (χ4v) is 3.49. The number of aryl methyl sites for hydroxylation is 1. The van der Waals surface area contributed by atoms with Gasteiger partial charge in [0.1, 0.15) is 5.82 Å². The summed E-state index contributed by atoms with van der Waals surface area (Å²) in [5.41, 5.74) is 6.92. The molecule has 106 valence electrons. The zero-order valence-electron chi connectivity index (χ0n) is 11.4. The molecule has 0 saturated heterocycles. The molecule has 3 heterocycles. The van der Waals surface area contributed by atoms with Gasteiger partial charge in [-0.25, -0.2) is 0 Å². The van der Waals surface area contributed by atoms with Crippen LogP contribution in [0.2, 0.25) is 0 Å². The number of aromatic nitrogens is 4. The van der Waals surface area contributed by atoms with Crippen molar-refractivity contribution in [3.8, 4) is 0 Å². The maximum atomic E-state index is 5.91.